The van der Waals surface area contributed by atoms with E-state index in [0.29, 0.717) is 5.56 Å². The van der Waals surface area contributed by atoms with Crippen molar-refractivity contribution in [3.63, 3.8) is 0 Å². The van der Waals surface area contributed by atoms with Crippen molar-refractivity contribution in [3.05, 3.63) is 236 Å². The van der Waals surface area contributed by atoms with E-state index in [9.17, 15) is 0 Å². The zero-order valence-electron chi connectivity index (χ0n) is 40.5. The van der Waals surface area contributed by atoms with Crippen LogP contribution in [0.15, 0.2) is 236 Å². The molecule has 0 fully saturated rings. The fraction of sp³-hybridized carbons (Fsp3) is 0. The van der Waals surface area contributed by atoms with Crippen LogP contribution < -0.4 is 0 Å². The molecule has 0 spiro atoms. The molecule has 66 heavy (non-hydrogen) atoms. The van der Waals surface area contributed by atoms with Crippen molar-refractivity contribution < 1.29 is 6.85 Å². The van der Waals surface area contributed by atoms with Crippen molar-refractivity contribution in [2.24, 2.45) is 0 Å². The van der Waals surface area contributed by atoms with Crippen molar-refractivity contribution in [3.8, 4) is 50.2 Å². The molecule has 2 aromatic heterocycles. The van der Waals surface area contributed by atoms with E-state index in [1.165, 1.54) is 84.9 Å². The van der Waals surface area contributed by atoms with Gasteiger partial charge in [-0.15, -0.1) is 0 Å². The molecule has 0 aliphatic heterocycles. The maximum atomic E-state index is 9.03. The van der Waals surface area contributed by atoms with Crippen molar-refractivity contribution >= 4 is 98.7 Å². The van der Waals surface area contributed by atoms with Crippen LogP contribution in [0.5, 0.6) is 0 Å². The molecule has 0 atom stereocenters. The molecule has 0 bridgehead atoms. The molecule has 2 heteroatoms. The Bertz CT molecular complexity index is 4390. The fourth-order valence-electron chi connectivity index (χ4n) is 10.9. The molecule has 306 valence electrons. The molecule has 0 N–H and O–H groups in total. The topological polar surface area (TPSA) is 4.93 Å². The molecule has 0 saturated carbocycles. The first-order chi connectivity index (χ1) is 34.9. The third-order valence-corrected chi connectivity index (χ3v) is 16.2. The molecule has 0 aliphatic carbocycles. The molecular formula is C64H39NSe. The van der Waals surface area contributed by atoms with Crippen LogP contribution in [0.25, 0.3) is 134 Å². The summed E-state index contributed by atoms with van der Waals surface area (Å²) in [6.45, 7) is 0. The summed E-state index contributed by atoms with van der Waals surface area (Å²) in [6.07, 6.45) is 0. The number of rotatable bonds is 5. The molecular weight excluding hydrogens is 862 g/mol. The van der Waals surface area contributed by atoms with E-state index in [0.717, 1.165) is 38.4 Å². The van der Waals surface area contributed by atoms with Gasteiger partial charge in [0.15, 0.2) is 0 Å². The summed E-state index contributed by atoms with van der Waals surface area (Å²) in [6, 6.07) is 72.7. The molecule has 0 radical (unpaired) electrons. The SMILES string of the molecule is [2H]c1c([2H])c([2H])c(-c2c3ccccc3c(-c3cccc4c3[se]c3ccc(-c5c6ccccc6c(-c6ccc(-n7c8ccccc8c8ccccc87)cc6)c6ccccc56)cc34)c3ccccc23)c([2H])c1[2H]. The second kappa shape index (κ2) is 14.8. The summed E-state index contributed by atoms with van der Waals surface area (Å²) in [7, 11) is 0. The van der Waals surface area contributed by atoms with Crippen LogP contribution in [0, 0.1) is 0 Å². The predicted molar refractivity (Wildman–Crippen MR) is 285 cm³/mol. The number of hydrogen-bond acceptors (Lipinski definition) is 0. The number of aromatic nitrogens is 1. The molecule has 0 amide bonds. The van der Waals surface area contributed by atoms with Crippen LogP contribution in [0.3, 0.4) is 0 Å². The van der Waals surface area contributed by atoms with E-state index in [2.05, 4.69) is 174 Å². The molecule has 2 heterocycles. The van der Waals surface area contributed by atoms with Gasteiger partial charge in [0, 0.05) is 10.8 Å². The Morgan fingerprint density at radius 1 is 0.318 bits per heavy atom. The number of benzene rings is 12. The Labute approximate surface area is 394 Å². The summed E-state index contributed by atoms with van der Waals surface area (Å²) < 4.78 is 48.6. The zero-order valence-corrected chi connectivity index (χ0v) is 37.2. The second-order valence-electron chi connectivity index (χ2n) is 17.1. The second-order valence-corrected chi connectivity index (χ2v) is 19.3. The van der Waals surface area contributed by atoms with E-state index in [1.54, 1.807) is 0 Å². The quantitative estimate of drug-likeness (QED) is 0.120. The Kier molecular flexibility index (Phi) is 7.30. The van der Waals surface area contributed by atoms with Gasteiger partial charge in [0.25, 0.3) is 0 Å². The molecule has 14 rings (SSSR count). The molecule has 14 aromatic rings. The summed E-state index contributed by atoms with van der Waals surface area (Å²) in [5.74, 6) is 0. The zero-order chi connectivity index (χ0) is 47.6. The Morgan fingerprint density at radius 3 is 1.27 bits per heavy atom. The third kappa shape index (κ3) is 5.53. The number of nitrogens with zero attached hydrogens (tertiary/aromatic N) is 1. The van der Waals surface area contributed by atoms with Gasteiger partial charge in [-0.25, -0.2) is 0 Å². The monoisotopic (exact) mass is 906 g/mol. The number of fused-ring (bicyclic) bond motifs is 10. The molecule has 12 aromatic carbocycles. The van der Waals surface area contributed by atoms with E-state index in [-0.39, 0.29) is 44.2 Å². The van der Waals surface area contributed by atoms with E-state index in [1.807, 2.05) is 36.4 Å². The molecule has 0 aliphatic rings. The van der Waals surface area contributed by atoms with Crippen molar-refractivity contribution in [1.29, 1.82) is 0 Å². The number of hydrogen-bond donors (Lipinski definition) is 0. The Balaban J connectivity index is 0.946. The van der Waals surface area contributed by atoms with Gasteiger partial charge in [-0.1, -0.05) is 36.4 Å². The minimum absolute atomic E-state index is 0.00700. The van der Waals surface area contributed by atoms with Gasteiger partial charge >= 0.3 is 322 Å². The van der Waals surface area contributed by atoms with Crippen LogP contribution in [-0.2, 0) is 0 Å². The van der Waals surface area contributed by atoms with E-state index < -0.39 is 6.04 Å². The Morgan fingerprint density at radius 2 is 0.742 bits per heavy atom. The summed E-state index contributed by atoms with van der Waals surface area (Å²) in [5, 5.41) is 13.5. The van der Waals surface area contributed by atoms with Gasteiger partial charge in [-0.05, 0) is 12.1 Å². The molecule has 1 nitrogen and oxygen atoms in total. The molecule has 0 unspecified atom stereocenters. The first-order valence-corrected chi connectivity index (χ1v) is 24.1. The van der Waals surface area contributed by atoms with Gasteiger partial charge in [0.05, 0.1) is 11.0 Å². The van der Waals surface area contributed by atoms with Crippen molar-refractivity contribution in [2.45, 2.75) is 0 Å². The average Bonchev–Trinajstić information content (AvgIpc) is 3.97. The number of para-hydroxylation sites is 2. The molecule has 0 saturated heterocycles. The van der Waals surface area contributed by atoms with Gasteiger partial charge in [0.1, 0.15) is 0 Å². The van der Waals surface area contributed by atoms with Crippen molar-refractivity contribution in [1.82, 2.24) is 4.57 Å². The first kappa shape index (κ1) is 32.6. The Hall–Kier alpha value is -8.00. The first-order valence-electron chi connectivity index (χ1n) is 24.8. The van der Waals surface area contributed by atoms with Gasteiger partial charge in [-0.2, -0.15) is 0 Å². The van der Waals surface area contributed by atoms with Crippen molar-refractivity contribution in [2.75, 3.05) is 0 Å². The standard InChI is InChI=1S/C64H39NSe/c1-2-17-40(18-3-1)60-50-25-8-10-27-52(50)63(53-28-11-9-26-51(53)60)55-30-16-29-54-56-39-42(35-38-59(56)66-64(54)55)62-48-23-6-4-21-46(48)61(47-22-5-7-24-49(47)62)41-33-36-43(37-34-41)65-57-31-14-12-19-44(57)45-20-13-15-32-58(45)65/h1-39H/i1D,2D,3D,17D,18D. The normalized spacial score (nSPS) is 13.0. The van der Waals surface area contributed by atoms with E-state index >= 15 is 0 Å². The van der Waals surface area contributed by atoms with Gasteiger partial charge in [-0.3, -0.25) is 0 Å². The fourth-order valence-corrected chi connectivity index (χ4v) is 13.5. The van der Waals surface area contributed by atoms with Gasteiger partial charge < -0.3 is 4.57 Å². The van der Waals surface area contributed by atoms with Crippen LogP contribution >= 0.6 is 0 Å². The third-order valence-electron chi connectivity index (χ3n) is 13.7. The predicted octanol–water partition coefficient (Wildman–Crippen LogP) is 17.4. The summed E-state index contributed by atoms with van der Waals surface area (Å²) >= 11 is -0.00700. The van der Waals surface area contributed by atoms with Crippen LogP contribution in [0.1, 0.15) is 6.85 Å². The minimum atomic E-state index is -0.393. The van der Waals surface area contributed by atoms with E-state index in [4.69, 9.17) is 6.85 Å². The van der Waals surface area contributed by atoms with Crippen LogP contribution in [0.2, 0.25) is 0 Å². The maximum absolute atomic E-state index is 9.03. The van der Waals surface area contributed by atoms with Gasteiger partial charge in [0.2, 0.25) is 0 Å². The van der Waals surface area contributed by atoms with Crippen LogP contribution in [0.4, 0.5) is 0 Å². The average molecular weight is 906 g/mol. The summed E-state index contributed by atoms with van der Waals surface area (Å²) in [4.78, 5) is 0. The van der Waals surface area contributed by atoms with Crippen LogP contribution in [-0.4, -0.2) is 19.1 Å². The summed E-state index contributed by atoms with van der Waals surface area (Å²) in [5.41, 5.74) is 11.5.